The number of rotatable bonds is 8. The first-order chi connectivity index (χ1) is 8.60. The summed E-state index contributed by atoms with van der Waals surface area (Å²) in [5.74, 6) is 0.703. The highest BCUT2D eigenvalue weighted by molar-refractivity contribution is 5.14. The highest BCUT2D eigenvalue weighted by Crippen LogP contribution is 2.19. The highest BCUT2D eigenvalue weighted by atomic mass is 14.9. The van der Waals surface area contributed by atoms with Gasteiger partial charge in [0.05, 0.1) is 0 Å². The van der Waals surface area contributed by atoms with E-state index < -0.39 is 0 Å². The predicted octanol–water partition coefficient (Wildman–Crippen LogP) is 2.19. The van der Waals surface area contributed by atoms with Crippen LogP contribution in [0.3, 0.4) is 0 Å². The molecule has 0 aliphatic heterocycles. The summed E-state index contributed by atoms with van der Waals surface area (Å²) in [4.78, 5) is 4.45. The Morgan fingerprint density at radius 3 is 2.61 bits per heavy atom. The van der Waals surface area contributed by atoms with Gasteiger partial charge in [-0.05, 0) is 38.2 Å². The van der Waals surface area contributed by atoms with Crippen LogP contribution in [0.15, 0.2) is 24.4 Å². The minimum atomic E-state index is 0.0825. The molecule has 1 unspecified atom stereocenters. The number of nitrogens with one attached hydrogen (secondary N) is 2. The lowest BCUT2D eigenvalue weighted by atomic mass is 9.88. The zero-order valence-corrected chi connectivity index (χ0v) is 12.2. The molecule has 2 N–H and O–H groups in total. The summed E-state index contributed by atoms with van der Waals surface area (Å²) in [6.45, 7) is 9.82. The van der Waals surface area contributed by atoms with Crippen molar-refractivity contribution in [2.75, 3.05) is 26.7 Å². The standard InChI is InChI=1S/C15H27N3/c1-5-13(10-16-4)11-17-12-15(2,3)14-8-6-7-9-18-14/h6-9,13,16-17H,5,10-12H2,1-4H3. The van der Waals surface area contributed by atoms with Gasteiger partial charge in [0.1, 0.15) is 0 Å². The average molecular weight is 249 g/mol. The molecule has 0 bridgehead atoms. The van der Waals surface area contributed by atoms with Crippen molar-refractivity contribution in [3.05, 3.63) is 30.1 Å². The van der Waals surface area contributed by atoms with Gasteiger partial charge in [0.2, 0.25) is 0 Å². The Hall–Kier alpha value is -0.930. The zero-order valence-electron chi connectivity index (χ0n) is 12.2. The minimum Gasteiger partial charge on any atom is -0.319 e. The van der Waals surface area contributed by atoms with E-state index in [0.29, 0.717) is 5.92 Å². The molecule has 0 aliphatic rings. The van der Waals surface area contributed by atoms with Crippen molar-refractivity contribution < 1.29 is 0 Å². The second kappa shape index (κ2) is 7.49. The number of nitrogens with zero attached hydrogens (tertiary/aromatic N) is 1. The Balaban J connectivity index is 2.42. The molecule has 18 heavy (non-hydrogen) atoms. The fourth-order valence-corrected chi connectivity index (χ4v) is 2.09. The van der Waals surface area contributed by atoms with Crippen LogP contribution in [0, 0.1) is 5.92 Å². The molecular formula is C15H27N3. The van der Waals surface area contributed by atoms with Crippen molar-refractivity contribution in [2.45, 2.75) is 32.6 Å². The van der Waals surface area contributed by atoms with Crippen molar-refractivity contribution in [3.63, 3.8) is 0 Å². The van der Waals surface area contributed by atoms with E-state index in [1.807, 2.05) is 19.3 Å². The van der Waals surface area contributed by atoms with Gasteiger partial charge < -0.3 is 10.6 Å². The first kappa shape index (κ1) is 15.1. The first-order valence-electron chi connectivity index (χ1n) is 6.87. The molecule has 0 aromatic carbocycles. The second-order valence-corrected chi connectivity index (χ2v) is 5.56. The summed E-state index contributed by atoms with van der Waals surface area (Å²) in [5.41, 5.74) is 1.23. The van der Waals surface area contributed by atoms with Crippen LogP contribution in [0.25, 0.3) is 0 Å². The Morgan fingerprint density at radius 1 is 1.28 bits per heavy atom. The van der Waals surface area contributed by atoms with Crippen molar-refractivity contribution in [1.29, 1.82) is 0 Å². The number of aromatic nitrogens is 1. The van der Waals surface area contributed by atoms with E-state index >= 15 is 0 Å². The highest BCUT2D eigenvalue weighted by Gasteiger charge is 2.21. The zero-order chi connectivity index (χ0) is 13.4. The molecule has 1 aromatic heterocycles. The molecule has 0 saturated heterocycles. The lowest BCUT2D eigenvalue weighted by molar-refractivity contribution is 0.397. The monoisotopic (exact) mass is 249 g/mol. The Kier molecular flexibility index (Phi) is 6.30. The molecule has 3 nitrogen and oxygen atoms in total. The summed E-state index contributed by atoms with van der Waals surface area (Å²) < 4.78 is 0. The lowest BCUT2D eigenvalue weighted by Gasteiger charge is -2.26. The summed E-state index contributed by atoms with van der Waals surface area (Å²) in [6, 6.07) is 6.12. The summed E-state index contributed by atoms with van der Waals surface area (Å²) in [7, 11) is 2.01. The van der Waals surface area contributed by atoms with Crippen LogP contribution in [0.4, 0.5) is 0 Å². The molecular weight excluding hydrogens is 222 g/mol. The molecule has 1 aromatic rings. The number of pyridine rings is 1. The molecule has 3 heteroatoms. The first-order valence-corrected chi connectivity index (χ1v) is 6.87. The quantitative estimate of drug-likeness (QED) is 0.741. The molecule has 1 heterocycles. The van der Waals surface area contributed by atoms with Gasteiger partial charge >= 0.3 is 0 Å². The molecule has 0 radical (unpaired) electrons. The third-order valence-corrected chi connectivity index (χ3v) is 3.43. The number of hydrogen-bond acceptors (Lipinski definition) is 3. The average Bonchev–Trinajstić information content (AvgIpc) is 2.38. The Morgan fingerprint density at radius 2 is 2.06 bits per heavy atom. The maximum atomic E-state index is 4.45. The van der Waals surface area contributed by atoms with Crippen molar-refractivity contribution in [2.24, 2.45) is 5.92 Å². The molecule has 0 fully saturated rings. The summed E-state index contributed by atoms with van der Waals surface area (Å²) in [6.07, 6.45) is 3.07. The molecule has 1 atom stereocenters. The van der Waals surface area contributed by atoms with Gasteiger partial charge in [-0.2, -0.15) is 0 Å². The van der Waals surface area contributed by atoms with E-state index in [1.165, 1.54) is 6.42 Å². The second-order valence-electron chi connectivity index (χ2n) is 5.56. The summed E-state index contributed by atoms with van der Waals surface area (Å²) in [5, 5.41) is 6.83. The maximum Gasteiger partial charge on any atom is 0.0472 e. The van der Waals surface area contributed by atoms with Crippen LogP contribution in [-0.2, 0) is 5.41 Å². The van der Waals surface area contributed by atoms with Gasteiger partial charge in [-0.1, -0.05) is 33.3 Å². The van der Waals surface area contributed by atoms with Gasteiger partial charge in [0.25, 0.3) is 0 Å². The van der Waals surface area contributed by atoms with Crippen LogP contribution in [0.1, 0.15) is 32.9 Å². The third-order valence-electron chi connectivity index (χ3n) is 3.43. The SMILES string of the molecule is CCC(CNC)CNCC(C)(C)c1ccccn1. The van der Waals surface area contributed by atoms with Crippen LogP contribution >= 0.6 is 0 Å². The maximum absolute atomic E-state index is 4.45. The van der Waals surface area contributed by atoms with E-state index in [2.05, 4.69) is 48.5 Å². The van der Waals surface area contributed by atoms with Crippen molar-refractivity contribution in [3.8, 4) is 0 Å². The van der Waals surface area contributed by atoms with Crippen LogP contribution in [0.2, 0.25) is 0 Å². The fourth-order valence-electron chi connectivity index (χ4n) is 2.09. The van der Waals surface area contributed by atoms with Gasteiger partial charge in [0, 0.05) is 23.9 Å². The summed E-state index contributed by atoms with van der Waals surface area (Å²) >= 11 is 0. The number of hydrogen-bond donors (Lipinski definition) is 2. The van der Waals surface area contributed by atoms with Crippen LogP contribution in [0.5, 0.6) is 0 Å². The minimum absolute atomic E-state index is 0.0825. The predicted molar refractivity (Wildman–Crippen MR) is 77.8 cm³/mol. The van der Waals surface area contributed by atoms with Crippen molar-refractivity contribution >= 4 is 0 Å². The van der Waals surface area contributed by atoms with Crippen molar-refractivity contribution in [1.82, 2.24) is 15.6 Å². The lowest BCUT2D eigenvalue weighted by Crippen LogP contribution is -2.38. The normalized spacial score (nSPS) is 13.6. The van der Waals surface area contributed by atoms with Gasteiger partial charge in [-0.15, -0.1) is 0 Å². The van der Waals surface area contributed by atoms with E-state index in [1.54, 1.807) is 0 Å². The molecule has 0 saturated carbocycles. The van der Waals surface area contributed by atoms with Gasteiger partial charge in [0.15, 0.2) is 0 Å². The third kappa shape index (κ3) is 4.75. The van der Waals surface area contributed by atoms with E-state index in [0.717, 1.165) is 25.3 Å². The largest absolute Gasteiger partial charge is 0.319 e. The van der Waals surface area contributed by atoms with E-state index in [9.17, 15) is 0 Å². The van der Waals surface area contributed by atoms with E-state index in [-0.39, 0.29) is 5.41 Å². The fraction of sp³-hybridized carbons (Fsp3) is 0.667. The van der Waals surface area contributed by atoms with E-state index in [4.69, 9.17) is 0 Å². The molecule has 0 amide bonds. The van der Waals surface area contributed by atoms with Gasteiger partial charge in [-0.3, -0.25) is 4.98 Å². The molecule has 0 aliphatic carbocycles. The van der Waals surface area contributed by atoms with Crippen LogP contribution < -0.4 is 10.6 Å². The Bertz CT molecular complexity index is 322. The van der Waals surface area contributed by atoms with Gasteiger partial charge in [-0.25, -0.2) is 0 Å². The topological polar surface area (TPSA) is 37.0 Å². The molecule has 1 rings (SSSR count). The molecule has 102 valence electrons. The Labute approximate surface area is 111 Å². The van der Waals surface area contributed by atoms with Crippen LogP contribution in [-0.4, -0.2) is 31.7 Å². The smallest absolute Gasteiger partial charge is 0.0472 e. The molecule has 0 spiro atoms.